The van der Waals surface area contributed by atoms with Gasteiger partial charge in [0.2, 0.25) is 5.91 Å². The van der Waals surface area contributed by atoms with Gasteiger partial charge in [0.25, 0.3) is 0 Å². The minimum Gasteiger partial charge on any atom is -0.463 e. The molecule has 1 N–H and O–H groups in total. The van der Waals surface area contributed by atoms with Crippen LogP contribution in [0.5, 0.6) is 0 Å². The van der Waals surface area contributed by atoms with Crippen LogP contribution in [0.4, 0.5) is 10.1 Å². The van der Waals surface area contributed by atoms with Crippen molar-refractivity contribution in [2.45, 2.75) is 106 Å². The molecule has 284 valence electrons. The number of nitrogens with zero attached hydrogens (tertiary/aromatic N) is 1. The second-order valence-corrected chi connectivity index (χ2v) is 11.5. The van der Waals surface area contributed by atoms with Crippen molar-refractivity contribution in [1.29, 1.82) is 0 Å². The van der Waals surface area contributed by atoms with Gasteiger partial charge in [-0.15, -0.1) is 0 Å². The minimum absolute atomic E-state index is 0.104. The maximum Gasteiger partial charge on any atom is 0.303 e. The zero-order valence-corrected chi connectivity index (χ0v) is 32.0. The number of rotatable bonds is 11. The van der Waals surface area contributed by atoms with Gasteiger partial charge in [-0.3, -0.25) is 19.2 Å². The number of hydrogen-bond acceptors (Lipinski definition) is 9. The number of hydrogen-bond donors (Lipinski definition) is 1. The average molecular weight is 716 g/mol. The zero-order chi connectivity index (χ0) is 38.9. The third kappa shape index (κ3) is 19.6. The average Bonchev–Trinajstić information content (AvgIpc) is 3.11. The maximum absolute atomic E-state index is 12.5. The molecule has 1 amide bonds. The predicted octanol–water partition coefficient (Wildman–Crippen LogP) is 7.38. The van der Waals surface area contributed by atoms with Crippen LogP contribution in [0.1, 0.15) is 85.3 Å². The van der Waals surface area contributed by atoms with Crippen molar-refractivity contribution in [3.8, 4) is 0 Å². The minimum atomic E-state index is -0.878. The highest BCUT2D eigenvalue weighted by molar-refractivity contribution is 5.99. The normalized spacial score (nSPS) is 14.5. The van der Waals surface area contributed by atoms with Gasteiger partial charge in [0.1, 0.15) is 24.6 Å². The predicted molar refractivity (Wildman–Crippen MR) is 198 cm³/mol. The lowest BCUT2D eigenvalue weighted by Crippen LogP contribution is -2.46. The van der Waals surface area contributed by atoms with Crippen molar-refractivity contribution in [3.05, 3.63) is 88.8 Å². The second kappa shape index (κ2) is 26.5. The Morgan fingerprint density at radius 1 is 0.784 bits per heavy atom. The summed E-state index contributed by atoms with van der Waals surface area (Å²) in [4.78, 5) is 46.9. The Bertz CT molecular complexity index is 1370. The van der Waals surface area contributed by atoms with Gasteiger partial charge in [-0.1, -0.05) is 73.9 Å². The highest BCUT2D eigenvalue weighted by Crippen LogP contribution is 2.22. The topological polar surface area (TPSA) is 129 Å². The van der Waals surface area contributed by atoms with E-state index >= 15 is 0 Å². The number of halogens is 1. The Morgan fingerprint density at radius 2 is 1.33 bits per heavy atom. The number of aliphatic hydroxyl groups excluding tert-OH is 1. The Labute approximate surface area is 303 Å². The first-order chi connectivity index (χ1) is 24.3. The molecular formula is C40H58FNO9. The van der Waals surface area contributed by atoms with Gasteiger partial charge in [-0.05, 0) is 69.9 Å². The molecule has 1 aliphatic carbocycles. The molecule has 1 fully saturated rings. The maximum atomic E-state index is 12.5. The van der Waals surface area contributed by atoms with Crippen molar-refractivity contribution in [1.82, 2.24) is 0 Å². The van der Waals surface area contributed by atoms with Crippen molar-refractivity contribution < 1.29 is 47.6 Å². The quantitative estimate of drug-likeness (QED) is 0.144. The Hall–Kier alpha value is -4.35. The molecule has 2 aromatic rings. The highest BCUT2D eigenvalue weighted by atomic mass is 19.1. The van der Waals surface area contributed by atoms with E-state index in [1.165, 1.54) is 49.6 Å². The zero-order valence-electron chi connectivity index (χ0n) is 32.0. The van der Waals surface area contributed by atoms with Crippen LogP contribution in [0.15, 0.2) is 71.8 Å². The molecule has 1 heterocycles. The van der Waals surface area contributed by atoms with Crippen molar-refractivity contribution in [3.63, 3.8) is 0 Å². The number of aliphatic hydroxyl groups is 1. The molecule has 2 aromatic carbocycles. The lowest BCUT2D eigenvalue weighted by atomic mass is 10.00. The molecule has 1 aliphatic heterocycles. The molecule has 11 heteroatoms. The standard InChI is InChI=1S/C20H30O7.C9H8FNO.C8H10.C2H6.CH4O/c1-6-18(26-15(4)22)20(27-16(5)23)19(12-24-14(3)21)25-11-17-9-7-13(2)8-10-17;10-7-1-3-8(4-2-7)11-6-5-9(11)12;1-7-3-5-8(2)6-4-7;2*1-2/h7,9,18-20H,6,8,10-12H2,1-5H3;1-4H,5-6H2;3-6H,1-2H3;1-2H3;2H,1H3/t18?,19?,20-;;;;/m0..../s1. The molecule has 0 bridgehead atoms. The lowest BCUT2D eigenvalue weighted by Gasteiger charge is -2.32. The summed E-state index contributed by atoms with van der Waals surface area (Å²) in [6, 6.07) is 14.4. The van der Waals surface area contributed by atoms with E-state index in [9.17, 15) is 23.6 Å². The van der Waals surface area contributed by atoms with E-state index < -0.39 is 36.2 Å². The molecule has 0 aromatic heterocycles. The van der Waals surface area contributed by atoms with Crippen LogP contribution in [0.3, 0.4) is 0 Å². The number of carbonyl (C=O) groups excluding carboxylic acids is 4. The fourth-order valence-corrected chi connectivity index (χ4v) is 4.58. The van der Waals surface area contributed by atoms with Gasteiger partial charge in [0.05, 0.1) is 6.61 Å². The first-order valence-corrected chi connectivity index (χ1v) is 17.3. The van der Waals surface area contributed by atoms with Crippen LogP contribution in [0.2, 0.25) is 0 Å². The van der Waals surface area contributed by atoms with Crippen LogP contribution >= 0.6 is 0 Å². The summed E-state index contributed by atoms with van der Waals surface area (Å²) in [5.41, 5.74) is 5.84. The van der Waals surface area contributed by atoms with Crippen molar-refractivity contribution >= 4 is 29.5 Å². The number of esters is 3. The third-order valence-corrected chi connectivity index (χ3v) is 7.34. The van der Waals surface area contributed by atoms with Crippen molar-refractivity contribution in [2.24, 2.45) is 0 Å². The van der Waals surface area contributed by atoms with Gasteiger partial charge < -0.3 is 29.0 Å². The van der Waals surface area contributed by atoms with E-state index in [4.69, 9.17) is 24.1 Å². The summed E-state index contributed by atoms with van der Waals surface area (Å²) in [5.74, 6) is -1.65. The summed E-state index contributed by atoms with van der Waals surface area (Å²) < 4.78 is 34.2. The number of anilines is 1. The van der Waals surface area contributed by atoms with Gasteiger partial charge in [0.15, 0.2) is 6.10 Å². The molecule has 0 spiro atoms. The largest absolute Gasteiger partial charge is 0.463 e. The van der Waals surface area contributed by atoms with Crippen LogP contribution in [-0.2, 0) is 38.1 Å². The fraction of sp³-hybridized carbons (Fsp3) is 0.500. The molecule has 4 rings (SSSR count). The summed E-state index contributed by atoms with van der Waals surface area (Å²) in [5, 5.41) is 7.00. The molecular weight excluding hydrogens is 657 g/mol. The molecule has 0 radical (unpaired) electrons. The molecule has 2 unspecified atom stereocenters. The number of β-lactam (4-membered cyclic amide) rings is 1. The van der Waals surface area contributed by atoms with Crippen molar-refractivity contribution in [2.75, 3.05) is 31.8 Å². The molecule has 1 saturated heterocycles. The van der Waals surface area contributed by atoms with E-state index in [1.807, 2.05) is 32.9 Å². The molecule has 0 saturated carbocycles. The van der Waals surface area contributed by atoms with E-state index in [-0.39, 0.29) is 18.3 Å². The third-order valence-electron chi connectivity index (χ3n) is 7.34. The van der Waals surface area contributed by atoms with E-state index in [2.05, 4.69) is 45.0 Å². The number of aryl methyl sites for hydroxylation is 2. The summed E-state index contributed by atoms with van der Waals surface area (Å²) in [6.45, 7) is 16.9. The van der Waals surface area contributed by atoms with E-state index in [0.717, 1.165) is 37.8 Å². The highest BCUT2D eigenvalue weighted by Gasteiger charge is 2.35. The first kappa shape index (κ1) is 46.6. The number of amides is 1. The number of allylic oxidation sites excluding steroid dienone is 3. The van der Waals surface area contributed by atoms with Crippen LogP contribution < -0.4 is 4.90 Å². The molecule has 51 heavy (non-hydrogen) atoms. The number of benzene rings is 2. The van der Waals surface area contributed by atoms with Gasteiger partial charge in [-0.2, -0.15) is 0 Å². The molecule has 10 nitrogen and oxygen atoms in total. The number of carbonyl (C=O) groups is 4. The Morgan fingerprint density at radius 3 is 1.73 bits per heavy atom. The van der Waals surface area contributed by atoms with Crippen LogP contribution in [0.25, 0.3) is 0 Å². The Kier molecular flexibility index (Phi) is 24.2. The molecule has 3 atom stereocenters. The van der Waals surface area contributed by atoms with Crippen LogP contribution in [0, 0.1) is 19.7 Å². The van der Waals surface area contributed by atoms with Crippen LogP contribution in [-0.4, -0.2) is 74.1 Å². The summed E-state index contributed by atoms with van der Waals surface area (Å²) >= 11 is 0. The fourth-order valence-electron chi connectivity index (χ4n) is 4.58. The Balaban J connectivity index is 0.000000843. The first-order valence-electron chi connectivity index (χ1n) is 17.3. The van der Waals surface area contributed by atoms with Gasteiger partial charge in [0, 0.05) is 46.5 Å². The molecule has 2 aliphatic rings. The smallest absolute Gasteiger partial charge is 0.303 e. The summed E-state index contributed by atoms with van der Waals surface area (Å²) in [7, 11) is 1.00. The van der Waals surface area contributed by atoms with Gasteiger partial charge >= 0.3 is 17.9 Å². The lowest BCUT2D eigenvalue weighted by molar-refractivity contribution is -0.184. The van der Waals surface area contributed by atoms with E-state index in [0.29, 0.717) is 19.4 Å². The monoisotopic (exact) mass is 715 g/mol. The number of ether oxygens (including phenoxy) is 4. The SMILES string of the molecule is CC.CCC(OC(C)=O)[C@H](OC(C)=O)C(COC(C)=O)OCC1=CC=C(C)CC1.CO.Cc1ccc(C)cc1.O=C1CCN1c1ccc(F)cc1. The van der Waals surface area contributed by atoms with E-state index in [1.54, 1.807) is 17.0 Å². The second-order valence-electron chi connectivity index (χ2n) is 11.5. The van der Waals surface area contributed by atoms with Gasteiger partial charge in [-0.25, -0.2) is 4.39 Å². The summed E-state index contributed by atoms with van der Waals surface area (Å²) in [6.07, 6.45) is 4.58.